The van der Waals surface area contributed by atoms with Gasteiger partial charge >= 0.3 is 6.18 Å². The fourth-order valence-electron chi connectivity index (χ4n) is 2.64. The third kappa shape index (κ3) is 4.17. The Labute approximate surface area is 122 Å². The Bertz CT molecular complexity index is 487. The zero-order valence-electron chi connectivity index (χ0n) is 12.2. The van der Waals surface area contributed by atoms with E-state index >= 15 is 0 Å². The zero-order chi connectivity index (χ0) is 15.6. The van der Waals surface area contributed by atoms with Crippen LogP contribution in [0.15, 0.2) is 18.2 Å². The molecule has 0 radical (unpaired) electrons. The summed E-state index contributed by atoms with van der Waals surface area (Å²) in [5, 5.41) is 3.27. The number of hydrogen-bond donors (Lipinski definition) is 1. The molecule has 0 bridgehead atoms. The summed E-state index contributed by atoms with van der Waals surface area (Å²) in [7, 11) is 2.07. The SMILES string of the molecule is C[C@H]1C[C@@H](NCc2ccc(F)c(C(F)(F)F)c2)CCN1C. The van der Waals surface area contributed by atoms with Crippen molar-refractivity contribution in [3.05, 3.63) is 35.1 Å². The van der Waals surface area contributed by atoms with Crippen LogP contribution in [-0.4, -0.2) is 30.6 Å². The second-order valence-corrected chi connectivity index (χ2v) is 5.74. The van der Waals surface area contributed by atoms with Crippen LogP contribution in [0.25, 0.3) is 0 Å². The lowest BCUT2D eigenvalue weighted by atomic mass is 9.98. The number of rotatable bonds is 3. The molecule has 0 unspecified atom stereocenters. The van der Waals surface area contributed by atoms with Crippen molar-refractivity contribution < 1.29 is 17.6 Å². The number of benzene rings is 1. The van der Waals surface area contributed by atoms with Gasteiger partial charge in [0.1, 0.15) is 5.82 Å². The van der Waals surface area contributed by atoms with E-state index in [4.69, 9.17) is 0 Å². The van der Waals surface area contributed by atoms with Gasteiger partial charge in [-0.3, -0.25) is 0 Å². The summed E-state index contributed by atoms with van der Waals surface area (Å²) in [6.45, 7) is 3.42. The fraction of sp³-hybridized carbons (Fsp3) is 0.600. The van der Waals surface area contributed by atoms with Gasteiger partial charge in [-0.15, -0.1) is 0 Å². The number of hydrogen-bond acceptors (Lipinski definition) is 2. The summed E-state index contributed by atoms with van der Waals surface area (Å²) >= 11 is 0. The Hall–Kier alpha value is -1.14. The summed E-state index contributed by atoms with van der Waals surface area (Å²) in [6, 6.07) is 3.92. The maximum atomic E-state index is 13.2. The maximum Gasteiger partial charge on any atom is 0.419 e. The normalized spacial score (nSPS) is 24.3. The minimum Gasteiger partial charge on any atom is -0.310 e. The third-order valence-electron chi connectivity index (χ3n) is 4.14. The molecule has 1 fully saturated rings. The van der Waals surface area contributed by atoms with Crippen molar-refractivity contribution in [2.45, 2.75) is 44.6 Å². The highest BCUT2D eigenvalue weighted by Gasteiger charge is 2.34. The Morgan fingerprint density at radius 3 is 2.67 bits per heavy atom. The van der Waals surface area contributed by atoms with Crippen molar-refractivity contribution in [3.8, 4) is 0 Å². The largest absolute Gasteiger partial charge is 0.419 e. The molecular weight excluding hydrogens is 284 g/mol. The highest BCUT2D eigenvalue weighted by molar-refractivity contribution is 5.27. The topological polar surface area (TPSA) is 15.3 Å². The Morgan fingerprint density at radius 1 is 1.33 bits per heavy atom. The van der Waals surface area contributed by atoms with Crippen LogP contribution in [0.4, 0.5) is 17.6 Å². The van der Waals surface area contributed by atoms with Crippen molar-refractivity contribution in [2.24, 2.45) is 0 Å². The average molecular weight is 304 g/mol. The molecule has 0 saturated carbocycles. The molecule has 1 N–H and O–H groups in total. The first-order valence-electron chi connectivity index (χ1n) is 7.06. The first kappa shape index (κ1) is 16.2. The molecule has 1 aliphatic heterocycles. The second kappa shape index (κ2) is 6.32. The minimum atomic E-state index is -4.65. The average Bonchev–Trinajstić information content (AvgIpc) is 2.40. The Kier molecular flexibility index (Phi) is 4.88. The lowest BCUT2D eigenvalue weighted by molar-refractivity contribution is -0.140. The molecular formula is C15H20F4N2. The predicted octanol–water partition coefficient (Wildman–Crippen LogP) is 3.42. The first-order valence-corrected chi connectivity index (χ1v) is 7.06. The summed E-state index contributed by atoms with van der Waals surface area (Å²) in [6.07, 6.45) is -2.72. The van der Waals surface area contributed by atoms with Crippen molar-refractivity contribution in [1.29, 1.82) is 0 Å². The Balaban J connectivity index is 1.98. The molecule has 0 aliphatic carbocycles. The Morgan fingerprint density at radius 2 is 2.05 bits per heavy atom. The predicted molar refractivity (Wildman–Crippen MR) is 73.4 cm³/mol. The van der Waals surface area contributed by atoms with Crippen LogP contribution in [0.3, 0.4) is 0 Å². The zero-order valence-corrected chi connectivity index (χ0v) is 12.2. The van der Waals surface area contributed by atoms with Crippen molar-refractivity contribution in [1.82, 2.24) is 10.2 Å². The quantitative estimate of drug-likeness (QED) is 0.861. The van der Waals surface area contributed by atoms with Gasteiger partial charge in [-0.05, 0) is 51.1 Å². The number of nitrogens with one attached hydrogen (secondary N) is 1. The van der Waals surface area contributed by atoms with E-state index in [1.165, 1.54) is 6.07 Å². The van der Waals surface area contributed by atoms with Crippen molar-refractivity contribution >= 4 is 0 Å². The molecule has 1 saturated heterocycles. The molecule has 0 spiro atoms. The molecule has 2 rings (SSSR count). The van der Waals surface area contributed by atoms with Crippen LogP contribution >= 0.6 is 0 Å². The van der Waals surface area contributed by atoms with E-state index in [-0.39, 0.29) is 6.04 Å². The smallest absolute Gasteiger partial charge is 0.310 e. The third-order valence-corrected chi connectivity index (χ3v) is 4.14. The van der Waals surface area contributed by atoms with Gasteiger partial charge in [-0.1, -0.05) is 6.07 Å². The van der Waals surface area contributed by atoms with Gasteiger partial charge in [0.25, 0.3) is 0 Å². The molecule has 1 aromatic rings. The fourth-order valence-corrected chi connectivity index (χ4v) is 2.64. The first-order chi connectivity index (χ1) is 9.77. The standard InChI is InChI=1S/C15H20F4N2/c1-10-7-12(5-6-21(10)2)20-9-11-3-4-14(16)13(8-11)15(17,18)19/h3-4,8,10,12,20H,5-7,9H2,1-2H3/t10-,12-/m0/s1. The molecule has 2 atom stereocenters. The van der Waals surface area contributed by atoms with Gasteiger partial charge in [0, 0.05) is 18.6 Å². The molecule has 21 heavy (non-hydrogen) atoms. The molecule has 2 nitrogen and oxygen atoms in total. The lowest BCUT2D eigenvalue weighted by Crippen LogP contribution is -2.45. The summed E-state index contributed by atoms with van der Waals surface area (Å²) in [5.41, 5.74) is -0.742. The molecule has 1 aliphatic rings. The van der Waals surface area contributed by atoms with Gasteiger partial charge < -0.3 is 10.2 Å². The number of alkyl halides is 3. The second-order valence-electron chi connectivity index (χ2n) is 5.74. The summed E-state index contributed by atoms with van der Waals surface area (Å²) < 4.78 is 51.2. The van der Waals surface area contributed by atoms with Gasteiger partial charge in [0.15, 0.2) is 0 Å². The van der Waals surface area contributed by atoms with E-state index in [2.05, 4.69) is 24.2 Å². The van der Waals surface area contributed by atoms with Crippen molar-refractivity contribution in [2.75, 3.05) is 13.6 Å². The van der Waals surface area contributed by atoms with Crippen LogP contribution < -0.4 is 5.32 Å². The van der Waals surface area contributed by atoms with Crippen LogP contribution in [0.2, 0.25) is 0 Å². The highest BCUT2D eigenvalue weighted by Crippen LogP contribution is 2.31. The number of halogens is 4. The van der Waals surface area contributed by atoms with Gasteiger partial charge in [-0.25, -0.2) is 4.39 Å². The van der Waals surface area contributed by atoms with E-state index in [1.54, 1.807) is 0 Å². The molecule has 1 heterocycles. The van der Waals surface area contributed by atoms with Crippen LogP contribution in [0, 0.1) is 5.82 Å². The van der Waals surface area contributed by atoms with Gasteiger partial charge in [-0.2, -0.15) is 13.2 Å². The molecule has 0 aromatic heterocycles. The van der Waals surface area contributed by atoms with E-state index in [1.807, 2.05) is 0 Å². The number of nitrogens with zero attached hydrogens (tertiary/aromatic N) is 1. The number of likely N-dealkylation sites (tertiary alicyclic amines) is 1. The number of piperidine rings is 1. The maximum absolute atomic E-state index is 13.2. The lowest BCUT2D eigenvalue weighted by Gasteiger charge is -2.35. The van der Waals surface area contributed by atoms with E-state index in [0.29, 0.717) is 18.2 Å². The molecule has 1 aromatic carbocycles. The minimum absolute atomic E-state index is 0.288. The highest BCUT2D eigenvalue weighted by atomic mass is 19.4. The van der Waals surface area contributed by atoms with Crippen LogP contribution in [0.5, 0.6) is 0 Å². The monoisotopic (exact) mass is 304 g/mol. The van der Waals surface area contributed by atoms with E-state index < -0.39 is 17.6 Å². The molecule has 0 amide bonds. The van der Waals surface area contributed by atoms with E-state index in [0.717, 1.165) is 31.5 Å². The van der Waals surface area contributed by atoms with Crippen LogP contribution in [0.1, 0.15) is 30.9 Å². The van der Waals surface area contributed by atoms with E-state index in [9.17, 15) is 17.6 Å². The summed E-state index contributed by atoms with van der Waals surface area (Å²) in [4.78, 5) is 2.26. The van der Waals surface area contributed by atoms with Crippen LogP contribution in [-0.2, 0) is 12.7 Å². The van der Waals surface area contributed by atoms with Gasteiger partial charge in [0.05, 0.1) is 5.56 Å². The molecule has 118 valence electrons. The summed E-state index contributed by atoms with van der Waals surface area (Å²) in [5.74, 6) is -1.22. The molecule has 6 heteroatoms. The van der Waals surface area contributed by atoms with Gasteiger partial charge in [0.2, 0.25) is 0 Å². The van der Waals surface area contributed by atoms with Crippen molar-refractivity contribution in [3.63, 3.8) is 0 Å².